The fraction of sp³-hybridized carbons (Fsp3) is 0.312. The highest BCUT2D eigenvalue weighted by Gasteiger charge is 2.27. The Balaban J connectivity index is 2.40. The molecule has 1 aliphatic heterocycles. The normalized spacial score (nSPS) is 14.1. The summed E-state index contributed by atoms with van der Waals surface area (Å²) in [5.41, 5.74) is 0.455. The summed E-state index contributed by atoms with van der Waals surface area (Å²) in [5, 5.41) is 4.08. The quantitative estimate of drug-likeness (QED) is 0.399. The highest BCUT2D eigenvalue weighted by Crippen LogP contribution is 2.35. The van der Waals surface area contributed by atoms with Crippen molar-refractivity contribution in [3.63, 3.8) is 0 Å². The van der Waals surface area contributed by atoms with Crippen LogP contribution in [0.2, 0.25) is 0 Å². The smallest absolute Gasteiger partial charge is 0.328 e. The van der Waals surface area contributed by atoms with Crippen LogP contribution in [0.3, 0.4) is 0 Å². The van der Waals surface area contributed by atoms with Gasteiger partial charge in [0.1, 0.15) is 5.57 Å². The van der Waals surface area contributed by atoms with Gasteiger partial charge in [0.2, 0.25) is 0 Å². The van der Waals surface area contributed by atoms with Crippen molar-refractivity contribution in [3.05, 3.63) is 26.8 Å². The molecule has 0 unspecified atom stereocenters. The number of imide groups is 2. The molecule has 0 saturated carbocycles. The Bertz CT molecular complexity index is 693. The van der Waals surface area contributed by atoms with Gasteiger partial charge in [-0.3, -0.25) is 20.2 Å². The number of amides is 4. The van der Waals surface area contributed by atoms with E-state index < -0.39 is 17.8 Å². The van der Waals surface area contributed by atoms with Gasteiger partial charge in [0.15, 0.2) is 11.5 Å². The van der Waals surface area contributed by atoms with Crippen LogP contribution in [-0.2, 0) is 9.59 Å². The van der Waals surface area contributed by atoms with Crippen LogP contribution in [0.1, 0.15) is 25.8 Å². The van der Waals surface area contributed by atoms with Crippen molar-refractivity contribution in [1.29, 1.82) is 0 Å². The monoisotopic (exact) mass is 444 g/mol. The minimum absolute atomic E-state index is 0.143. The number of hydrogen-bond acceptors (Lipinski definition) is 5. The Morgan fingerprint density at radius 3 is 2.33 bits per heavy atom. The maximum Gasteiger partial charge on any atom is 0.328 e. The van der Waals surface area contributed by atoms with Gasteiger partial charge < -0.3 is 9.47 Å². The molecule has 24 heavy (non-hydrogen) atoms. The molecule has 1 aliphatic rings. The number of urea groups is 1. The summed E-state index contributed by atoms with van der Waals surface area (Å²) in [6, 6.07) is 2.65. The van der Waals surface area contributed by atoms with Crippen LogP contribution < -0.4 is 20.1 Å². The van der Waals surface area contributed by atoms with Crippen molar-refractivity contribution >= 4 is 46.5 Å². The molecular weight excluding hydrogens is 427 g/mol. The second-order valence-corrected chi connectivity index (χ2v) is 6.07. The van der Waals surface area contributed by atoms with Crippen molar-refractivity contribution in [3.8, 4) is 11.5 Å². The van der Waals surface area contributed by atoms with E-state index in [1.54, 1.807) is 12.1 Å². The Morgan fingerprint density at radius 2 is 1.75 bits per heavy atom. The van der Waals surface area contributed by atoms with Crippen LogP contribution in [0.25, 0.3) is 6.08 Å². The first kappa shape index (κ1) is 18.2. The highest BCUT2D eigenvalue weighted by molar-refractivity contribution is 14.1. The molecule has 8 heteroatoms. The maximum atomic E-state index is 11.8. The molecule has 7 nitrogen and oxygen atoms in total. The molecule has 2 rings (SSSR count). The first-order valence-electron chi connectivity index (χ1n) is 7.43. The number of carbonyl (C=O) groups excluding carboxylic acids is 3. The van der Waals surface area contributed by atoms with E-state index in [-0.39, 0.29) is 5.57 Å². The molecule has 0 aromatic heterocycles. The molecule has 0 radical (unpaired) electrons. The molecule has 1 aromatic rings. The van der Waals surface area contributed by atoms with Crippen molar-refractivity contribution in [1.82, 2.24) is 10.6 Å². The van der Waals surface area contributed by atoms with Crippen molar-refractivity contribution < 1.29 is 23.9 Å². The lowest BCUT2D eigenvalue weighted by Crippen LogP contribution is -2.51. The lowest BCUT2D eigenvalue weighted by Gasteiger charge is -2.16. The molecular formula is C16H17IN2O5. The number of nitrogens with one attached hydrogen (secondary N) is 2. The summed E-state index contributed by atoms with van der Waals surface area (Å²) in [5.74, 6) is -0.294. The Hall–Kier alpha value is -2.10. The molecule has 1 heterocycles. The Labute approximate surface area is 152 Å². The molecule has 128 valence electrons. The number of rotatable bonds is 6. The number of benzene rings is 1. The van der Waals surface area contributed by atoms with Crippen molar-refractivity contribution in [2.75, 3.05) is 13.2 Å². The van der Waals surface area contributed by atoms with Crippen molar-refractivity contribution in [2.24, 2.45) is 0 Å². The van der Waals surface area contributed by atoms with E-state index in [0.29, 0.717) is 30.3 Å². The first-order chi connectivity index (χ1) is 11.5. The number of carbonyl (C=O) groups is 3. The Morgan fingerprint density at radius 1 is 1.08 bits per heavy atom. The zero-order chi connectivity index (χ0) is 17.7. The van der Waals surface area contributed by atoms with E-state index in [2.05, 4.69) is 22.6 Å². The molecule has 0 atom stereocenters. The van der Waals surface area contributed by atoms with Gasteiger partial charge >= 0.3 is 6.03 Å². The molecule has 0 aliphatic carbocycles. The minimum atomic E-state index is -0.824. The van der Waals surface area contributed by atoms with Crippen LogP contribution in [0.5, 0.6) is 11.5 Å². The summed E-state index contributed by atoms with van der Waals surface area (Å²) >= 11 is 2.11. The summed E-state index contributed by atoms with van der Waals surface area (Å²) in [6.07, 6.45) is 2.27. The lowest BCUT2D eigenvalue weighted by molar-refractivity contribution is -0.123. The fourth-order valence-corrected chi connectivity index (χ4v) is 2.83. The van der Waals surface area contributed by atoms with E-state index in [9.17, 15) is 14.4 Å². The van der Waals surface area contributed by atoms with E-state index in [1.807, 2.05) is 24.5 Å². The van der Waals surface area contributed by atoms with Crippen LogP contribution in [-0.4, -0.2) is 31.1 Å². The summed E-state index contributed by atoms with van der Waals surface area (Å²) in [6.45, 7) is 4.88. The topological polar surface area (TPSA) is 93.7 Å². The summed E-state index contributed by atoms with van der Waals surface area (Å²) in [7, 11) is 0. The predicted molar refractivity (Wildman–Crippen MR) is 95.8 cm³/mol. The SMILES string of the molecule is CCCOc1c(I)cc(C=C2C(=O)NC(=O)NC2=O)cc1OCC. The third-order valence-corrected chi connectivity index (χ3v) is 3.84. The molecule has 4 amide bonds. The van der Waals surface area contributed by atoms with Gasteiger partial charge in [-0.05, 0) is 59.7 Å². The number of halogens is 1. The van der Waals surface area contributed by atoms with Gasteiger partial charge in [-0.25, -0.2) is 4.79 Å². The summed E-state index contributed by atoms with van der Waals surface area (Å²) < 4.78 is 12.1. The third kappa shape index (κ3) is 4.25. The second-order valence-electron chi connectivity index (χ2n) is 4.91. The third-order valence-electron chi connectivity index (χ3n) is 3.04. The molecule has 2 N–H and O–H groups in total. The molecule has 0 spiro atoms. The van der Waals surface area contributed by atoms with E-state index in [4.69, 9.17) is 9.47 Å². The van der Waals surface area contributed by atoms with E-state index in [1.165, 1.54) is 6.08 Å². The molecule has 1 fully saturated rings. The average molecular weight is 444 g/mol. The molecule has 1 saturated heterocycles. The van der Waals surface area contributed by atoms with Crippen LogP contribution in [0.4, 0.5) is 4.79 Å². The van der Waals surface area contributed by atoms with Gasteiger partial charge in [0, 0.05) is 0 Å². The predicted octanol–water partition coefficient (Wildman–Crippen LogP) is 2.23. The Kier molecular flexibility index (Phi) is 6.18. The first-order valence-corrected chi connectivity index (χ1v) is 8.51. The van der Waals surface area contributed by atoms with Gasteiger partial charge in [0.25, 0.3) is 11.8 Å². The summed E-state index contributed by atoms with van der Waals surface area (Å²) in [4.78, 5) is 34.7. The second kappa shape index (κ2) is 8.13. The van der Waals surface area contributed by atoms with Crippen LogP contribution >= 0.6 is 22.6 Å². The van der Waals surface area contributed by atoms with Gasteiger partial charge in [0.05, 0.1) is 16.8 Å². The lowest BCUT2D eigenvalue weighted by atomic mass is 10.1. The van der Waals surface area contributed by atoms with Gasteiger partial charge in [-0.1, -0.05) is 6.92 Å². The molecule has 1 aromatic carbocycles. The minimum Gasteiger partial charge on any atom is -0.490 e. The largest absolute Gasteiger partial charge is 0.490 e. The highest BCUT2D eigenvalue weighted by atomic mass is 127. The molecule has 0 bridgehead atoms. The fourth-order valence-electron chi connectivity index (χ4n) is 2.05. The maximum absolute atomic E-state index is 11.8. The number of hydrogen-bond donors (Lipinski definition) is 2. The van der Waals surface area contributed by atoms with E-state index >= 15 is 0 Å². The van der Waals surface area contributed by atoms with Crippen LogP contribution in [0, 0.1) is 3.57 Å². The van der Waals surface area contributed by atoms with Crippen LogP contribution in [0.15, 0.2) is 17.7 Å². The zero-order valence-electron chi connectivity index (χ0n) is 13.3. The van der Waals surface area contributed by atoms with E-state index in [0.717, 1.165) is 9.99 Å². The van der Waals surface area contributed by atoms with Gasteiger partial charge in [-0.2, -0.15) is 0 Å². The van der Waals surface area contributed by atoms with Crippen molar-refractivity contribution in [2.45, 2.75) is 20.3 Å². The standard InChI is InChI=1S/C16H17IN2O5/c1-3-5-24-13-11(17)7-9(8-12(13)23-4-2)6-10-14(20)18-16(22)19-15(10)21/h6-8H,3-5H2,1-2H3,(H2,18,19,20,21,22). The average Bonchev–Trinajstić information content (AvgIpc) is 2.50. The number of barbiturate groups is 1. The zero-order valence-corrected chi connectivity index (χ0v) is 15.4. The van der Waals surface area contributed by atoms with Gasteiger partial charge in [-0.15, -0.1) is 0 Å². The number of ether oxygens (including phenoxy) is 2.